The van der Waals surface area contributed by atoms with Crippen LogP contribution >= 0.6 is 11.8 Å². The van der Waals surface area contributed by atoms with E-state index >= 15 is 0 Å². The van der Waals surface area contributed by atoms with Gasteiger partial charge in [-0.2, -0.15) is 0 Å². The molecule has 1 unspecified atom stereocenters. The summed E-state index contributed by atoms with van der Waals surface area (Å²) in [5.74, 6) is 0.777. The fraction of sp³-hybridized carbons (Fsp3) is 0.455. The van der Waals surface area contributed by atoms with E-state index in [9.17, 15) is 0 Å². The molecule has 15 heavy (non-hydrogen) atoms. The molecule has 1 heterocycles. The Bertz CT molecular complexity index is 418. The Morgan fingerprint density at radius 2 is 1.80 bits per heavy atom. The zero-order chi connectivity index (χ0) is 11.2. The number of hydrogen-bond donors (Lipinski definition) is 2. The molecule has 1 aliphatic heterocycles. The molecule has 1 aliphatic rings. The lowest BCUT2D eigenvalue weighted by Crippen LogP contribution is -2.18. The van der Waals surface area contributed by atoms with Crippen molar-refractivity contribution < 1.29 is 4.74 Å². The van der Waals surface area contributed by atoms with Crippen LogP contribution in [0.15, 0.2) is 4.90 Å². The van der Waals surface area contributed by atoms with Crippen LogP contribution in [-0.2, 0) is 0 Å². The number of thioether (sulfide) groups is 1. The van der Waals surface area contributed by atoms with Gasteiger partial charge in [-0.15, -0.1) is 11.8 Å². The van der Waals surface area contributed by atoms with Gasteiger partial charge >= 0.3 is 0 Å². The van der Waals surface area contributed by atoms with Crippen LogP contribution in [0, 0.1) is 13.8 Å². The zero-order valence-corrected chi connectivity index (χ0v) is 10.1. The number of benzene rings is 1. The van der Waals surface area contributed by atoms with Crippen molar-refractivity contribution in [2.24, 2.45) is 0 Å². The standard InChI is InChI=1S/C11H16N2OS/c1-5-4-14-10-8(12)6(2)7(3)9(13)11(10)15-5/h5H,4,12-13H2,1-3H3. The molecule has 0 saturated heterocycles. The summed E-state index contributed by atoms with van der Waals surface area (Å²) in [4.78, 5) is 1.01. The van der Waals surface area contributed by atoms with Gasteiger partial charge in [-0.1, -0.05) is 0 Å². The maximum absolute atomic E-state index is 6.08. The molecule has 0 amide bonds. The first-order valence-corrected chi connectivity index (χ1v) is 5.88. The number of ether oxygens (including phenoxy) is 1. The van der Waals surface area contributed by atoms with E-state index in [1.165, 1.54) is 0 Å². The molecule has 1 aromatic rings. The lowest BCUT2D eigenvalue weighted by molar-refractivity contribution is 0.309. The Morgan fingerprint density at radius 3 is 2.47 bits per heavy atom. The minimum absolute atomic E-state index is 0.432. The highest BCUT2D eigenvalue weighted by molar-refractivity contribution is 8.00. The highest BCUT2D eigenvalue weighted by Gasteiger charge is 2.24. The molecule has 1 atom stereocenters. The van der Waals surface area contributed by atoms with E-state index in [1.54, 1.807) is 11.8 Å². The number of nitrogens with two attached hydrogens (primary N) is 2. The maximum Gasteiger partial charge on any atom is 0.158 e. The zero-order valence-electron chi connectivity index (χ0n) is 9.26. The Balaban J connectivity index is 2.65. The molecule has 0 fully saturated rings. The Kier molecular flexibility index (Phi) is 2.46. The monoisotopic (exact) mass is 224 g/mol. The molecule has 3 nitrogen and oxygen atoms in total. The Morgan fingerprint density at radius 1 is 1.20 bits per heavy atom. The smallest absolute Gasteiger partial charge is 0.158 e. The fourth-order valence-electron chi connectivity index (χ4n) is 1.69. The number of hydrogen-bond acceptors (Lipinski definition) is 4. The van der Waals surface area contributed by atoms with Crippen LogP contribution in [0.4, 0.5) is 11.4 Å². The van der Waals surface area contributed by atoms with Crippen molar-refractivity contribution in [3.8, 4) is 5.75 Å². The molecule has 0 aliphatic carbocycles. The summed E-state index contributed by atoms with van der Waals surface area (Å²) in [6, 6.07) is 0. The highest BCUT2D eigenvalue weighted by atomic mass is 32.2. The molecular formula is C11H16N2OS. The van der Waals surface area contributed by atoms with Crippen LogP contribution in [0.2, 0.25) is 0 Å². The predicted molar refractivity (Wildman–Crippen MR) is 65.6 cm³/mol. The topological polar surface area (TPSA) is 61.3 Å². The SMILES string of the molecule is Cc1c(C)c(N)c2c(c1N)OCC(C)S2. The predicted octanol–water partition coefficient (Wildman–Crippen LogP) is 2.34. The van der Waals surface area contributed by atoms with E-state index in [0.29, 0.717) is 11.9 Å². The van der Waals surface area contributed by atoms with Crippen LogP contribution in [0.25, 0.3) is 0 Å². The summed E-state index contributed by atoms with van der Waals surface area (Å²) in [7, 11) is 0. The minimum Gasteiger partial charge on any atom is -0.489 e. The number of nitrogen functional groups attached to an aromatic ring is 2. The van der Waals surface area contributed by atoms with Crippen molar-refractivity contribution in [2.45, 2.75) is 30.9 Å². The van der Waals surface area contributed by atoms with E-state index in [0.717, 1.165) is 33.1 Å². The van der Waals surface area contributed by atoms with Crippen LogP contribution in [0.5, 0.6) is 5.75 Å². The quantitative estimate of drug-likeness (QED) is 0.664. The average Bonchev–Trinajstić information content (AvgIpc) is 2.23. The van der Waals surface area contributed by atoms with Gasteiger partial charge in [0.2, 0.25) is 0 Å². The third-order valence-electron chi connectivity index (χ3n) is 2.85. The van der Waals surface area contributed by atoms with Crippen molar-refractivity contribution in [3.05, 3.63) is 11.1 Å². The summed E-state index contributed by atoms with van der Waals surface area (Å²) in [5, 5.41) is 0.432. The fourth-order valence-corrected chi connectivity index (χ4v) is 2.78. The van der Waals surface area contributed by atoms with Crippen molar-refractivity contribution in [1.82, 2.24) is 0 Å². The highest BCUT2D eigenvalue weighted by Crippen LogP contribution is 2.47. The van der Waals surface area contributed by atoms with Crippen LogP contribution in [-0.4, -0.2) is 11.9 Å². The van der Waals surface area contributed by atoms with E-state index < -0.39 is 0 Å². The normalized spacial score (nSPS) is 19.5. The molecule has 0 radical (unpaired) electrons. The van der Waals surface area contributed by atoms with Gasteiger partial charge < -0.3 is 16.2 Å². The Hall–Kier alpha value is -1.03. The number of anilines is 2. The van der Waals surface area contributed by atoms with Gasteiger partial charge in [0.15, 0.2) is 5.75 Å². The summed E-state index contributed by atoms with van der Waals surface area (Å²) in [6.45, 7) is 6.80. The molecule has 0 aromatic heterocycles. The number of rotatable bonds is 0. The average molecular weight is 224 g/mol. The van der Waals surface area contributed by atoms with Crippen molar-refractivity contribution in [2.75, 3.05) is 18.1 Å². The van der Waals surface area contributed by atoms with Crippen LogP contribution < -0.4 is 16.2 Å². The summed E-state index contributed by atoms with van der Waals surface area (Å²) >= 11 is 1.75. The van der Waals surface area contributed by atoms with Crippen LogP contribution in [0.3, 0.4) is 0 Å². The van der Waals surface area contributed by atoms with Gasteiger partial charge in [0.1, 0.15) is 6.61 Å². The van der Waals surface area contributed by atoms with Gasteiger partial charge in [0.25, 0.3) is 0 Å². The van der Waals surface area contributed by atoms with Crippen LogP contribution in [0.1, 0.15) is 18.1 Å². The molecule has 0 saturated carbocycles. The maximum atomic E-state index is 6.08. The number of fused-ring (bicyclic) bond motifs is 1. The molecule has 2 rings (SSSR count). The molecular weight excluding hydrogens is 208 g/mol. The van der Waals surface area contributed by atoms with Crippen molar-refractivity contribution in [3.63, 3.8) is 0 Å². The van der Waals surface area contributed by atoms with Gasteiger partial charge in [-0.3, -0.25) is 0 Å². The first-order valence-electron chi connectivity index (χ1n) is 5.00. The largest absolute Gasteiger partial charge is 0.489 e. The van der Waals surface area contributed by atoms with E-state index in [-0.39, 0.29) is 0 Å². The molecule has 82 valence electrons. The summed E-state index contributed by atoms with van der Waals surface area (Å²) < 4.78 is 5.66. The van der Waals surface area contributed by atoms with E-state index in [1.807, 2.05) is 13.8 Å². The summed E-state index contributed by atoms with van der Waals surface area (Å²) in [5.41, 5.74) is 15.7. The van der Waals surface area contributed by atoms with Gasteiger partial charge in [-0.05, 0) is 31.9 Å². The molecule has 4 N–H and O–H groups in total. The molecule has 0 bridgehead atoms. The third-order valence-corrected chi connectivity index (χ3v) is 4.03. The Labute approximate surface area is 94.2 Å². The van der Waals surface area contributed by atoms with Gasteiger partial charge in [-0.25, -0.2) is 0 Å². The molecule has 1 aromatic carbocycles. The second-order valence-corrected chi connectivity index (χ2v) is 5.42. The lowest BCUT2D eigenvalue weighted by atomic mass is 10.1. The first-order chi connectivity index (χ1) is 7.02. The van der Waals surface area contributed by atoms with Gasteiger partial charge in [0.05, 0.1) is 16.3 Å². The van der Waals surface area contributed by atoms with Crippen molar-refractivity contribution >= 4 is 23.1 Å². The first kappa shape index (κ1) is 10.5. The summed E-state index contributed by atoms with van der Waals surface area (Å²) in [6.07, 6.45) is 0. The minimum atomic E-state index is 0.432. The third kappa shape index (κ3) is 1.53. The second-order valence-electron chi connectivity index (χ2n) is 3.98. The van der Waals surface area contributed by atoms with Gasteiger partial charge in [0, 0.05) is 5.25 Å². The molecule has 4 heteroatoms. The van der Waals surface area contributed by atoms with Crippen molar-refractivity contribution in [1.29, 1.82) is 0 Å². The van der Waals surface area contributed by atoms with E-state index in [4.69, 9.17) is 16.2 Å². The lowest BCUT2D eigenvalue weighted by Gasteiger charge is -2.26. The second kappa shape index (κ2) is 3.52. The van der Waals surface area contributed by atoms with E-state index in [2.05, 4.69) is 6.92 Å². The molecule has 0 spiro atoms.